The van der Waals surface area contributed by atoms with Crippen LogP contribution in [0.25, 0.3) is 11.1 Å². The Kier molecular flexibility index (Phi) is 6.57. The SMILES string of the molecule is O=C(Nc1ccc(C(=O)N2Cc3ccccc3Nc3ccccc32)c(Cl)c1)c1ccccc1-c1ccccc1. The standard InChI is InChI=1S/C33H24ClN3O2/c34-28-20-24(35-32(38)26-14-6-5-13-25(26)22-10-2-1-3-11-22)18-19-27(28)33(39)37-21-23-12-4-7-15-29(23)36-30-16-8-9-17-31(30)37/h1-20,36H,21H2,(H,35,38). The summed E-state index contributed by atoms with van der Waals surface area (Å²) >= 11 is 6.65. The predicted octanol–water partition coefficient (Wildman–Crippen LogP) is 8.16. The molecule has 5 nitrogen and oxygen atoms in total. The van der Waals surface area contributed by atoms with Gasteiger partial charge in [0, 0.05) is 16.9 Å². The second-order valence-electron chi connectivity index (χ2n) is 9.25. The maximum Gasteiger partial charge on any atom is 0.260 e. The lowest BCUT2D eigenvalue weighted by Gasteiger charge is -2.23. The first-order valence-electron chi connectivity index (χ1n) is 12.6. The van der Waals surface area contributed by atoms with Crippen LogP contribution in [0.1, 0.15) is 26.3 Å². The third-order valence-electron chi connectivity index (χ3n) is 6.77. The van der Waals surface area contributed by atoms with E-state index >= 15 is 0 Å². The van der Waals surface area contributed by atoms with Gasteiger partial charge in [0.05, 0.1) is 28.5 Å². The molecule has 6 heteroatoms. The summed E-state index contributed by atoms with van der Waals surface area (Å²) in [7, 11) is 0. The van der Waals surface area contributed by atoms with Gasteiger partial charge in [0.15, 0.2) is 0 Å². The van der Waals surface area contributed by atoms with E-state index in [-0.39, 0.29) is 16.8 Å². The van der Waals surface area contributed by atoms with Crippen molar-refractivity contribution in [2.24, 2.45) is 0 Å². The van der Waals surface area contributed by atoms with Crippen molar-refractivity contribution in [1.82, 2.24) is 0 Å². The molecule has 5 aromatic carbocycles. The molecule has 2 N–H and O–H groups in total. The molecule has 0 aromatic heterocycles. The fourth-order valence-electron chi connectivity index (χ4n) is 4.84. The molecule has 1 heterocycles. The average molecular weight is 530 g/mol. The molecule has 39 heavy (non-hydrogen) atoms. The molecule has 2 amide bonds. The number of carbonyl (C=O) groups excluding carboxylic acids is 2. The highest BCUT2D eigenvalue weighted by Gasteiger charge is 2.26. The maximum atomic E-state index is 13.8. The second kappa shape index (κ2) is 10.5. The minimum absolute atomic E-state index is 0.224. The molecule has 0 spiro atoms. The molecular formula is C33H24ClN3O2. The molecule has 190 valence electrons. The summed E-state index contributed by atoms with van der Waals surface area (Å²) in [5.41, 5.74) is 6.77. The van der Waals surface area contributed by atoms with Crippen LogP contribution >= 0.6 is 11.6 Å². The summed E-state index contributed by atoms with van der Waals surface area (Å²) in [6.07, 6.45) is 0. The number of anilines is 4. The Labute approximate surface area is 231 Å². The van der Waals surface area contributed by atoms with Crippen LogP contribution in [0.15, 0.2) is 121 Å². The molecule has 0 bridgehead atoms. The first-order chi connectivity index (χ1) is 19.1. The van der Waals surface area contributed by atoms with E-state index in [4.69, 9.17) is 11.6 Å². The molecule has 5 aromatic rings. The summed E-state index contributed by atoms with van der Waals surface area (Å²) in [5, 5.41) is 6.64. The summed E-state index contributed by atoms with van der Waals surface area (Å²) < 4.78 is 0. The van der Waals surface area contributed by atoms with Crippen LogP contribution in [0.3, 0.4) is 0 Å². The number of nitrogens with one attached hydrogen (secondary N) is 2. The van der Waals surface area contributed by atoms with E-state index < -0.39 is 0 Å². The number of hydrogen-bond donors (Lipinski definition) is 2. The third-order valence-corrected chi connectivity index (χ3v) is 7.08. The topological polar surface area (TPSA) is 61.4 Å². The number of halogens is 1. The summed E-state index contributed by atoms with van der Waals surface area (Å²) in [4.78, 5) is 28.8. The molecule has 0 atom stereocenters. The van der Waals surface area contributed by atoms with Crippen LogP contribution in [0.4, 0.5) is 22.7 Å². The van der Waals surface area contributed by atoms with E-state index in [2.05, 4.69) is 10.6 Å². The van der Waals surface area contributed by atoms with E-state index in [0.29, 0.717) is 23.4 Å². The minimum atomic E-state index is -0.256. The molecule has 0 saturated carbocycles. The molecule has 0 saturated heterocycles. The molecule has 1 aliphatic heterocycles. The van der Waals surface area contributed by atoms with Crippen molar-refractivity contribution in [2.45, 2.75) is 6.54 Å². The van der Waals surface area contributed by atoms with Crippen molar-refractivity contribution in [3.8, 4) is 11.1 Å². The summed E-state index contributed by atoms with van der Waals surface area (Å²) in [6, 6.07) is 37.8. The van der Waals surface area contributed by atoms with Gasteiger partial charge in [0.25, 0.3) is 11.8 Å². The number of para-hydroxylation sites is 3. The summed E-state index contributed by atoms with van der Waals surface area (Å²) in [6.45, 7) is 0.393. The van der Waals surface area contributed by atoms with Crippen LogP contribution in [-0.4, -0.2) is 11.8 Å². The predicted molar refractivity (Wildman–Crippen MR) is 158 cm³/mol. The third kappa shape index (κ3) is 4.88. The normalized spacial score (nSPS) is 12.0. The second-order valence-corrected chi connectivity index (χ2v) is 9.66. The highest BCUT2D eigenvalue weighted by Crippen LogP contribution is 2.37. The smallest absolute Gasteiger partial charge is 0.260 e. The highest BCUT2D eigenvalue weighted by molar-refractivity contribution is 6.35. The Morgan fingerprint density at radius 2 is 1.41 bits per heavy atom. The van der Waals surface area contributed by atoms with Crippen LogP contribution < -0.4 is 15.5 Å². The van der Waals surface area contributed by atoms with Crippen molar-refractivity contribution >= 4 is 46.2 Å². The number of fused-ring (bicyclic) bond motifs is 2. The maximum absolute atomic E-state index is 13.8. The van der Waals surface area contributed by atoms with E-state index in [1.165, 1.54) is 0 Å². The monoisotopic (exact) mass is 529 g/mol. The highest BCUT2D eigenvalue weighted by atomic mass is 35.5. The minimum Gasteiger partial charge on any atom is -0.354 e. The first-order valence-corrected chi connectivity index (χ1v) is 13.0. The first kappa shape index (κ1) is 24.5. The molecule has 1 aliphatic rings. The lowest BCUT2D eigenvalue weighted by Crippen LogP contribution is -2.30. The molecule has 0 fully saturated rings. The summed E-state index contributed by atoms with van der Waals surface area (Å²) in [5.74, 6) is -0.480. The van der Waals surface area contributed by atoms with Gasteiger partial charge in [-0.2, -0.15) is 0 Å². The number of hydrogen-bond acceptors (Lipinski definition) is 3. The Hall–Kier alpha value is -4.87. The van der Waals surface area contributed by atoms with Crippen molar-refractivity contribution in [3.05, 3.63) is 143 Å². The largest absolute Gasteiger partial charge is 0.354 e. The Morgan fingerprint density at radius 3 is 2.23 bits per heavy atom. The van der Waals surface area contributed by atoms with Gasteiger partial charge in [-0.25, -0.2) is 0 Å². The lowest BCUT2D eigenvalue weighted by atomic mass is 9.99. The van der Waals surface area contributed by atoms with Crippen LogP contribution in [0, 0.1) is 0 Å². The van der Waals surface area contributed by atoms with E-state index in [0.717, 1.165) is 33.8 Å². The fraction of sp³-hybridized carbons (Fsp3) is 0.0303. The van der Waals surface area contributed by atoms with Gasteiger partial charge in [0.2, 0.25) is 0 Å². The zero-order chi connectivity index (χ0) is 26.8. The van der Waals surface area contributed by atoms with Gasteiger partial charge < -0.3 is 15.5 Å². The molecule has 0 radical (unpaired) electrons. The molecule has 6 rings (SSSR count). The van der Waals surface area contributed by atoms with Gasteiger partial charge in [-0.1, -0.05) is 90.5 Å². The van der Waals surface area contributed by atoms with E-state index in [1.54, 1.807) is 29.2 Å². The van der Waals surface area contributed by atoms with Crippen molar-refractivity contribution in [2.75, 3.05) is 15.5 Å². The number of rotatable bonds is 4. The van der Waals surface area contributed by atoms with E-state index in [1.807, 2.05) is 97.1 Å². The number of amides is 2. The zero-order valence-electron chi connectivity index (χ0n) is 20.9. The van der Waals surface area contributed by atoms with E-state index in [9.17, 15) is 9.59 Å². The quantitative estimate of drug-likeness (QED) is 0.247. The Balaban J connectivity index is 1.28. The van der Waals surface area contributed by atoms with Gasteiger partial charge >= 0.3 is 0 Å². The van der Waals surface area contributed by atoms with Gasteiger partial charge in [-0.15, -0.1) is 0 Å². The molecule has 0 aliphatic carbocycles. The number of benzene rings is 5. The van der Waals surface area contributed by atoms with Gasteiger partial charge in [0.1, 0.15) is 0 Å². The van der Waals surface area contributed by atoms with Gasteiger partial charge in [-0.05, 0) is 59.2 Å². The fourth-order valence-corrected chi connectivity index (χ4v) is 5.10. The molecule has 0 unspecified atom stereocenters. The van der Waals surface area contributed by atoms with Gasteiger partial charge in [-0.3, -0.25) is 9.59 Å². The van der Waals surface area contributed by atoms with Crippen molar-refractivity contribution < 1.29 is 9.59 Å². The number of nitrogens with zero attached hydrogens (tertiary/aromatic N) is 1. The van der Waals surface area contributed by atoms with Crippen LogP contribution in [0.2, 0.25) is 5.02 Å². The average Bonchev–Trinajstić information content (AvgIpc) is 3.14. The Bertz CT molecular complexity index is 1700. The zero-order valence-corrected chi connectivity index (χ0v) is 21.7. The van der Waals surface area contributed by atoms with Crippen LogP contribution in [0.5, 0.6) is 0 Å². The van der Waals surface area contributed by atoms with Crippen molar-refractivity contribution in [1.29, 1.82) is 0 Å². The molecular weight excluding hydrogens is 506 g/mol. The van der Waals surface area contributed by atoms with Crippen molar-refractivity contribution in [3.63, 3.8) is 0 Å². The Morgan fingerprint density at radius 1 is 0.718 bits per heavy atom. The lowest BCUT2D eigenvalue weighted by molar-refractivity contribution is 0.0984. The van der Waals surface area contributed by atoms with Crippen LogP contribution in [-0.2, 0) is 6.54 Å². The number of carbonyl (C=O) groups is 2.